The molecule has 0 spiro atoms. The van der Waals surface area contributed by atoms with Gasteiger partial charge in [0.05, 0.1) is 13.0 Å². The van der Waals surface area contributed by atoms with Gasteiger partial charge in [-0.3, -0.25) is 9.59 Å². The smallest absolute Gasteiger partial charge is 0.307 e. The first-order valence-electron chi connectivity index (χ1n) is 10.6. The van der Waals surface area contributed by atoms with E-state index >= 15 is 0 Å². The molecule has 0 N–H and O–H groups in total. The molecule has 2 aliphatic rings. The SMILES string of the molecule is CCOC(=O)CCN(CC1CC1)C(=O)C1CCN(S(=O)(=O)c2c(C)noc2C)CC1. The predicted molar refractivity (Wildman–Crippen MR) is 108 cm³/mol. The van der Waals surface area contributed by atoms with Crippen LogP contribution < -0.4 is 0 Å². The summed E-state index contributed by atoms with van der Waals surface area (Å²) in [6.45, 7) is 6.85. The van der Waals surface area contributed by atoms with E-state index in [9.17, 15) is 18.0 Å². The van der Waals surface area contributed by atoms with Crippen LogP contribution in [0.4, 0.5) is 0 Å². The molecule has 0 aromatic carbocycles. The monoisotopic (exact) mass is 441 g/mol. The molecule has 1 saturated carbocycles. The first-order valence-corrected chi connectivity index (χ1v) is 12.1. The standard InChI is InChI=1S/C20H31N3O6S/c1-4-28-18(24)9-10-22(13-16-5-6-16)20(25)17-7-11-23(12-8-17)30(26,27)19-14(2)21-29-15(19)3/h16-17H,4-13H2,1-3H3. The van der Waals surface area contributed by atoms with Crippen molar-refractivity contribution >= 4 is 21.9 Å². The average Bonchev–Trinajstić information content (AvgIpc) is 3.47. The zero-order valence-electron chi connectivity index (χ0n) is 17.9. The summed E-state index contributed by atoms with van der Waals surface area (Å²) in [6.07, 6.45) is 3.32. The zero-order valence-corrected chi connectivity index (χ0v) is 18.7. The van der Waals surface area contributed by atoms with Gasteiger partial charge >= 0.3 is 5.97 Å². The maximum Gasteiger partial charge on any atom is 0.307 e. The van der Waals surface area contributed by atoms with E-state index in [2.05, 4.69) is 5.16 Å². The van der Waals surface area contributed by atoms with Crippen LogP contribution in [0, 0.1) is 25.7 Å². The van der Waals surface area contributed by atoms with Gasteiger partial charge in [0.2, 0.25) is 15.9 Å². The Morgan fingerprint density at radius 1 is 1.20 bits per heavy atom. The van der Waals surface area contributed by atoms with Crippen molar-refractivity contribution < 1.29 is 27.3 Å². The van der Waals surface area contributed by atoms with E-state index in [1.54, 1.807) is 25.7 Å². The third-order valence-electron chi connectivity index (χ3n) is 5.75. The third-order valence-corrected chi connectivity index (χ3v) is 7.89. The lowest BCUT2D eigenvalue weighted by Gasteiger charge is -2.33. The molecule has 0 unspecified atom stereocenters. The molecule has 2 heterocycles. The van der Waals surface area contributed by atoms with Crippen molar-refractivity contribution in [3.8, 4) is 0 Å². The maximum atomic E-state index is 13.1. The topological polar surface area (TPSA) is 110 Å². The zero-order chi connectivity index (χ0) is 21.9. The highest BCUT2D eigenvalue weighted by Gasteiger charge is 2.37. The van der Waals surface area contributed by atoms with Crippen molar-refractivity contribution in [3.05, 3.63) is 11.5 Å². The summed E-state index contributed by atoms with van der Waals surface area (Å²) >= 11 is 0. The van der Waals surface area contributed by atoms with E-state index in [0.29, 0.717) is 44.1 Å². The van der Waals surface area contributed by atoms with Gasteiger partial charge in [-0.1, -0.05) is 5.16 Å². The molecule has 3 rings (SSSR count). The number of esters is 1. The number of sulfonamides is 1. The Labute approximate surface area is 177 Å². The van der Waals surface area contributed by atoms with Crippen LogP contribution in [0.2, 0.25) is 0 Å². The number of piperidine rings is 1. The molecule has 0 bridgehead atoms. The number of aryl methyl sites for hydroxylation is 2. The van der Waals surface area contributed by atoms with Crippen LogP contribution in [-0.2, 0) is 24.3 Å². The first kappa shape index (κ1) is 22.7. The highest BCUT2D eigenvalue weighted by atomic mass is 32.2. The minimum Gasteiger partial charge on any atom is -0.466 e. The van der Waals surface area contributed by atoms with Crippen molar-refractivity contribution in [2.45, 2.75) is 57.8 Å². The highest BCUT2D eigenvalue weighted by molar-refractivity contribution is 7.89. The lowest BCUT2D eigenvalue weighted by Crippen LogP contribution is -2.45. The van der Waals surface area contributed by atoms with Gasteiger partial charge in [0.25, 0.3) is 0 Å². The van der Waals surface area contributed by atoms with Crippen LogP contribution in [0.5, 0.6) is 0 Å². The van der Waals surface area contributed by atoms with Gasteiger partial charge in [-0.15, -0.1) is 0 Å². The van der Waals surface area contributed by atoms with E-state index in [1.807, 2.05) is 0 Å². The van der Waals surface area contributed by atoms with Gasteiger partial charge in [0, 0.05) is 32.1 Å². The molecule has 1 aromatic heterocycles. The van der Waals surface area contributed by atoms with Crippen LogP contribution in [-0.4, -0.2) is 67.4 Å². The van der Waals surface area contributed by atoms with Crippen LogP contribution in [0.3, 0.4) is 0 Å². The highest BCUT2D eigenvalue weighted by Crippen LogP contribution is 2.32. The molecule has 1 aliphatic carbocycles. The average molecular weight is 442 g/mol. The molecule has 2 fully saturated rings. The minimum absolute atomic E-state index is 0.0144. The molecule has 10 heteroatoms. The molecular weight excluding hydrogens is 410 g/mol. The molecule has 1 aromatic rings. The molecule has 0 radical (unpaired) electrons. The molecule has 1 aliphatic heterocycles. The predicted octanol–water partition coefficient (Wildman–Crippen LogP) is 1.88. The van der Waals surface area contributed by atoms with Gasteiger partial charge in [-0.05, 0) is 52.4 Å². The van der Waals surface area contributed by atoms with Crippen molar-refractivity contribution in [1.82, 2.24) is 14.4 Å². The van der Waals surface area contributed by atoms with Crippen LogP contribution in [0.15, 0.2) is 9.42 Å². The fourth-order valence-electron chi connectivity index (χ4n) is 3.94. The number of hydrogen-bond donors (Lipinski definition) is 0. The molecule has 30 heavy (non-hydrogen) atoms. The van der Waals surface area contributed by atoms with E-state index < -0.39 is 10.0 Å². The number of hydrogen-bond acceptors (Lipinski definition) is 7. The maximum absolute atomic E-state index is 13.1. The van der Waals surface area contributed by atoms with Crippen molar-refractivity contribution in [3.63, 3.8) is 0 Å². The van der Waals surface area contributed by atoms with E-state index in [-0.39, 0.29) is 48.0 Å². The Bertz CT molecular complexity index is 850. The van der Waals surface area contributed by atoms with E-state index in [1.165, 1.54) is 4.31 Å². The van der Waals surface area contributed by atoms with Gasteiger partial charge in [0.1, 0.15) is 10.6 Å². The van der Waals surface area contributed by atoms with E-state index in [0.717, 1.165) is 12.8 Å². The first-order chi connectivity index (χ1) is 14.2. The Morgan fingerprint density at radius 3 is 2.40 bits per heavy atom. The number of amides is 1. The lowest BCUT2D eigenvalue weighted by molar-refractivity contribution is -0.144. The Kier molecular flexibility index (Phi) is 7.18. The number of carbonyl (C=O) groups is 2. The minimum atomic E-state index is -3.70. The Hall–Kier alpha value is -1.94. The molecule has 9 nitrogen and oxygen atoms in total. The van der Waals surface area contributed by atoms with Crippen molar-refractivity contribution in [1.29, 1.82) is 0 Å². The Balaban J connectivity index is 1.60. The second kappa shape index (κ2) is 9.47. The van der Waals surface area contributed by atoms with Crippen molar-refractivity contribution in [2.24, 2.45) is 11.8 Å². The summed E-state index contributed by atoms with van der Waals surface area (Å²) in [4.78, 5) is 26.7. The van der Waals surface area contributed by atoms with Crippen LogP contribution in [0.1, 0.15) is 50.5 Å². The quantitative estimate of drug-likeness (QED) is 0.538. The normalized spacial score (nSPS) is 18.4. The Morgan fingerprint density at radius 2 is 1.87 bits per heavy atom. The number of aromatic nitrogens is 1. The van der Waals surface area contributed by atoms with Gasteiger partial charge in [-0.25, -0.2) is 8.42 Å². The number of carbonyl (C=O) groups excluding carboxylic acids is 2. The second-order valence-corrected chi connectivity index (χ2v) is 9.99. The second-order valence-electron chi connectivity index (χ2n) is 8.11. The van der Waals surface area contributed by atoms with Gasteiger partial charge in [-0.2, -0.15) is 4.31 Å². The molecule has 0 atom stereocenters. The summed E-state index contributed by atoms with van der Waals surface area (Å²) in [5.74, 6) is 0.269. The van der Waals surface area contributed by atoms with Crippen LogP contribution >= 0.6 is 0 Å². The van der Waals surface area contributed by atoms with E-state index in [4.69, 9.17) is 9.26 Å². The largest absolute Gasteiger partial charge is 0.466 e. The molecule has 168 valence electrons. The molecule has 1 saturated heterocycles. The summed E-state index contributed by atoms with van der Waals surface area (Å²) < 4.78 is 37.4. The summed E-state index contributed by atoms with van der Waals surface area (Å²) in [7, 11) is -3.70. The lowest BCUT2D eigenvalue weighted by atomic mass is 9.96. The fourth-order valence-corrected chi connectivity index (χ4v) is 5.70. The molecular formula is C20H31N3O6S. The fraction of sp³-hybridized carbons (Fsp3) is 0.750. The van der Waals surface area contributed by atoms with Crippen molar-refractivity contribution in [2.75, 3.05) is 32.8 Å². The summed E-state index contributed by atoms with van der Waals surface area (Å²) in [5, 5.41) is 3.75. The molecule has 1 amide bonds. The van der Waals surface area contributed by atoms with Crippen LogP contribution in [0.25, 0.3) is 0 Å². The number of nitrogens with zero attached hydrogens (tertiary/aromatic N) is 3. The van der Waals surface area contributed by atoms with Gasteiger partial charge in [0.15, 0.2) is 5.76 Å². The van der Waals surface area contributed by atoms with Gasteiger partial charge < -0.3 is 14.2 Å². The summed E-state index contributed by atoms with van der Waals surface area (Å²) in [6, 6.07) is 0. The summed E-state index contributed by atoms with van der Waals surface area (Å²) in [5.41, 5.74) is 0.347. The number of ether oxygens (including phenoxy) is 1. The number of rotatable bonds is 9. The third kappa shape index (κ3) is 5.21.